The van der Waals surface area contributed by atoms with Crippen molar-refractivity contribution in [1.29, 1.82) is 0 Å². The fraction of sp³-hybridized carbons (Fsp3) is 0.889. The highest BCUT2D eigenvalue weighted by atomic mass is 19.4. The molecule has 1 fully saturated rings. The van der Waals surface area contributed by atoms with Crippen LogP contribution >= 0.6 is 0 Å². The van der Waals surface area contributed by atoms with Gasteiger partial charge in [0.05, 0.1) is 6.54 Å². The second kappa shape index (κ2) is 4.58. The second-order valence-electron chi connectivity index (χ2n) is 3.80. The maximum absolute atomic E-state index is 12.8. The lowest BCUT2D eigenvalue weighted by molar-refractivity contribution is -0.263. The third kappa shape index (κ3) is 2.30. The van der Waals surface area contributed by atoms with Gasteiger partial charge in [-0.2, -0.15) is 13.2 Å². The van der Waals surface area contributed by atoms with Crippen LogP contribution in [0.1, 0.15) is 12.8 Å². The first-order valence-electron chi connectivity index (χ1n) is 4.96. The number of carbonyl (C=O) groups is 1. The third-order valence-corrected chi connectivity index (χ3v) is 2.85. The molecule has 1 aliphatic rings. The summed E-state index contributed by atoms with van der Waals surface area (Å²) in [5, 5.41) is 0. The Hall–Kier alpha value is -0.820. The molecule has 0 aromatic heterocycles. The summed E-state index contributed by atoms with van der Waals surface area (Å²) < 4.78 is 42.8. The van der Waals surface area contributed by atoms with E-state index < -0.39 is 18.3 Å². The highest BCUT2D eigenvalue weighted by Crippen LogP contribution is 2.40. The van der Waals surface area contributed by atoms with Crippen molar-refractivity contribution < 1.29 is 22.7 Å². The minimum atomic E-state index is -4.46. The quantitative estimate of drug-likeness (QED) is 0.782. The maximum Gasteiger partial charge on any atom is 0.419 e. The lowest BCUT2D eigenvalue weighted by Gasteiger charge is -2.30. The van der Waals surface area contributed by atoms with Gasteiger partial charge in [-0.25, -0.2) is 0 Å². The van der Waals surface area contributed by atoms with Crippen LogP contribution in [-0.4, -0.2) is 49.3 Å². The molecule has 1 heterocycles. The standard InChI is InChI=1S/C9H15F3N2O2/c1-16-8(9(10,11)12)3-5-14(6-8)7(15)2-4-13/h2-6,13H2,1H3/t8-/m1/s1. The van der Waals surface area contributed by atoms with Crippen molar-refractivity contribution in [3.63, 3.8) is 0 Å². The van der Waals surface area contributed by atoms with E-state index in [4.69, 9.17) is 5.73 Å². The normalized spacial score (nSPS) is 26.2. The van der Waals surface area contributed by atoms with Crippen molar-refractivity contribution in [2.24, 2.45) is 5.73 Å². The van der Waals surface area contributed by atoms with Crippen LogP contribution in [0.15, 0.2) is 0 Å². The highest BCUT2D eigenvalue weighted by molar-refractivity contribution is 5.76. The summed E-state index contributed by atoms with van der Waals surface area (Å²) in [4.78, 5) is 12.6. The molecule has 0 radical (unpaired) electrons. The Morgan fingerprint density at radius 2 is 2.19 bits per heavy atom. The van der Waals surface area contributed by atoms with Crippen LogP contribution in [0.25, 0.3) is 0 Å². The molecule has 4 nitrogen and oxygen atoms in total. The summed E-state index contributed by atoms with van der Waals surface area (Å²) in [5.41, 5.74) is 2.97. The molecular weight excluding hydrogens is 225 g/mol. The Balaban J connectivity index is 2.72. The van der Waals surface area contributed by atoms with Crippen LogP contribution in [0.3, 0.4) is 0 Å². The van der Waals surface area contributed by atoms with Crippen molar-refractivity contribution in [2.45, 2.75) is 24.6 Å². The molecule has 1 amide bonds. The molecule has 0 aliphatic carbocycles. The van der Waals surface area contributed by atoms with Gasteiger partial charge in [-0.05, 0) is 0 Å². The van der Waals surface area contributed by atoms with Gasteiger partial charge in [-0.1, -0.05) is 0 Å². The first kappa shape index (κ1) is 13.2. The number of alkyl halides is 3. The smallest absolute Gasteiger partial charge is 0.367 e. The molecule has 0 bridgehead atoms. The van der Waals surface area contributed by atoms with Crippen molar-refractivity contribution in [2.75, 3.05) is 26.7 Å². The predicted octanol–water partition coefficient (Wildman–Crippen LogP) is 0.515. The van der Waals surface area contributed by atoms with E-state index in [1.807, 2.05) is 0 Å². The molecule has 0 saturated carbocycles. The van der Waals surface area contributed by atoms with Crippen LogP contribution in [0.2, 0.25) is 0 Å². The Morgan fingerprint density at radius 1 is 1.56 bits per heavy atom. The van der Waals surface area contributed by atoms with Crippen molar-refractivity contribution >= 4 is 5.91 Å². The van der Waals surface area contributed by atoms with Gasteiger partial charge in [0.25, 0.3) is 0 Å². The number of rotatable bonds is 3. The van der Waals surface area contributed by atoms with E-state index in [1.165, 1.54) is 0 Å². The average Bonchev–Trinajstić information content (AvgIpc) is 2.62. The zero-order valence-corrected chi connectivity index (χ0v) is 9.01. The van der Waals surface area contributed by atoms with Crippen molar-refractivity contribution in [3.05, 3.63) is 0 Å². The lowest BCUT2D eigenvalue weighted by Crippen LogP contribution is -2.49. The van der Waals surface area contributed by atoms with E-state index in [9.17, 15) is 18.0 Å². The van der Waals surface area contributed by atoms with E-state index in [2.05, 4.69) is 4.74 Å². The van der Waals surface area contributed by atoms with Crippen LogP contribution < -0.4 is 5.73 Å². The second-order valence-corrected chi connectivity index (χ2v) is 3.80. The molecular formula is C9H15F3N2O2. The molecule has 0 spiro atoms. The summed E-state index contributed by atoms with van der Waals surface area (Å²) in [7, 11) is 1.02. The number of hydrogen-bond donors (Lipinski definition) is 1. The van der Waals surface area contributed by atoms with Gasteiger partial charge in [0, 0.05) is 33.0 Å². The van der Waals surface area contributed by atoms with Gasteiger partial charge in [0.2, 0.25) is 5.91 Å². The number of likely N-dealkylation sites (tertiary alicyclic amines) is 1. The number of nitrogens with zero attached hydrogens (tertiary/aromatic N) is 1. The summed E-state index contributed by atoms with van der Waals surface area (Å²) in [6.07, 6.45) is -4.61. The number of carbonyl (C=O) groups excluding carboxylic acids is 1. The number of halogens is 3. The number of amides is 1. The minimum Gasteiger partial charge on any atom is -0.367 e. The van der Waals surface area contributed by atoms with Gasteiger partial charge in [0.15, 0.2) is 5.60 Å². The van der Waals surface area contributed by atoms with Gasteiger partial charge in [-0.3, -0.25) is 4.79 Å². The van der Waals surface area contributed by atoms with E-state index in [0.29, 0.717) is 0 Å². The number of hydrogen-bond acceptors (Lipinski definition) is 3. The molecule has 0 unspecified atom stereocenters. The SMILES string of the molecule is CO[C@]1(C(F)(F)F)CCN(C(=O)CCN)C1. The fourth-order valence-corrected chi connectivity index (χ4v) is 1.79. The van der Waals surface area contributed by atoms with Crippen LogP contribution in [0.4, 0.5) is 13.2 Å². The molecule has 1 saturated heterocycles. The fourth-order valence-electron chi connectivity index (χ4n) is 1.79. The third-order valence-electron chi connectivity index (χ3n) is 2.85. The topological polar surface area (TPSA) is 55.6 Å². The van der Waals surface area contributed by atoms with Gasteiger partial charge in [-0.15, -0.1) is 0 Å². The molecule has 1 rings (SSSR count). The van der Waals surface area contributed by atoms with Crippen LogP contribution in [0, 0.1) is 0 Å². The number of ether oxygens (including phenoxy) is 1. The van der Waals surface area contributed by atoms with Crippen LogP contribution in [0.5, 0.6) is 0 Å². The molecule has 94 valence electrons. The predicted molar refractivity (Wildman–Crippen MR) is 50.7 cm³/mol. The van der Waals surface area contributed by atoms with Crippen molar-refractivity contribution in [3.8, 4) is 0 Å². The first-order chi connectivity index (χ1) is 7.36. The summed E-state index contributed by atoms with van der Waals surface area (Å²) in [6, 6.07) is 0. The molecule has 1 atom stereocenters. The van der Waals surface area contributed by atoms with Crippen LogP contribution in [-0.2, 0) is 9.53 Å². The highest BCUT2D eigenvalue weighted by Gasteiger charge is 2.59. The average molecular weight is 240 g/mol. The van der Waals surface area contributed by atoms with E-state index >= 15 is 0 Å². The molecule has 2 N–H and O–H groups in total. The molecule has 0 aromatic rings. The minimum absolute atomic E-state index is 0.0617. The van der Waals surface area contributed by atoms with E-state index in [0.717, 1.165) is 12.0 Å². The van der Waals surface area contributed by atoms with Crippen molar-refractivity contribution in [1.82, 2.24) is 4.90 Å². The Bertz CT molecular complexity index is 270. The zero-order valence-electron chi connectivity index (χ0n) is 9.01. The largest absolute Gasteiger partial charge is 0.419 e. The van der Waals surface area contributed by atoms with E-state index in [1.54, 1.807) is 0 Å². The van der Waals surface area contributed by atoms with E-state index in [-0.39, 0.29) is 31.8 Å². The van der Waals surface area contributed by atoms with Gasteiger partial charge >= 0.3 is 6.18 Å². The summed E-state index contributed by atoms with van der Waals surface area (Å²) in [5.74, 6) is -0.356. The Morgan fingerprint density at radius 3 is 2.56 bits per heavy atom. The molecule has 0 aromatic carbocycles. The molecule has 1 aliphatic heterocycles. The monoisotopic (exact) mass is 240 g/mol. The molecule has 7 heteroatoms. The summed E-state index contributed by atoms with van der Waals surface area (Å²) >= 11 is 0. The summed E-state index contributed by atoms with van der Waals surface area (Å²) in [6.45, 7) is -0.237. The zero-order chi connectivity index (χ0) is 12.4. The van der Waals surface area contributed by atoms with Gasteiger partial charge < -0.3 is 15.4 Å². The Kier molecular flexibility index (Phi) is 3.80. The Labute approximate surface area is 91.5 Å². The van der Waals surface area contributed by atoms with Gasteiger partial charge in [0.1, 0.15) is 0 Å². The lowest BCUT2D eigenvalue weighted by atomic mass is 10.0. The maximum atomic E-state index is 12.8. The number of methoxy groups -OCH3 is 1. The molecule has 16 heavy (non-hydrogen) atoms. The number of nitrogens with two attached hydrogens (primary N) is 1. The first-order valence-corrected chi connectivity index (χ1v) is 4.96.